The Labute approximate surface area is 154 Å². The third-order valence-electron chi connectivity index (χ3n) is 3.86. The van der Waals surface area contributed by atoms with Crippen LogP contribution in [0.15, 0.2) is 47.4 Å². The maximum Gasteiger partial charge on any atom is 0.264 e. The summed E-state index contributed by atoms with van der Waals surface area (Å²) < 4.78 is 1.45. The Hall–Kier alpha value is -3.75. The van der Waals surface area contributed by atoms with E-state index in [1.54, 1.807) is 31.2 Å². The van der Waals surface area contributed by atoms with Gasteiger partial charge in [0.2, 0.25) is 0 Å². The number of aromatic amines is 1. The summed E-state index contributed by atoms with van der Waals surface area (Å²) in [4.78, 5) is 35.6. The summed E-state index contributed by atoms with van der Waals surface area (Å²) in [6, 6.07) is 9.51. The molecule has 9 nitrogen and oxygen atoms in total. The highest BCUT2D eigenvalue weighted by Gasteiger charge is 2.16. The molecular weight excluding hydrogens is 348 g/mol. The molecule has 0 unspecified atom stereocenters. The van der Waals surface area contributed by atoms with E-state index in [2.05, 4.69) is 25.9 Å². The van der Waals surface area contributed by atoms with E-state index in [0.29, 0.717) is 34.9 Å². The van der Waals surface area contributed by atoms with E-state index in [1.165, 1.54) is 23.0 Å². The molecule has 3 N–H and O–H groups in total. The number of anilines is 1. The quantitative estimate of drug-likeness (QED) is 0.628. The first-order valence-corrected chi connectivity index (χ1v) is 8.30. The number of rotatable bonds is 5. The predicted octanol–water partition coefficient (Wildman–Crippen LogP) is 1.27. The van der Waals surface area contributed by atoms with Gasteiger partial charge in [0.05, 0.1) is 17.5 Å². The standard InChI is InChI=1S/C18H18N6O3/c1-3-19-17(26)12-5-4-6-13(9-12)21-18(27)14-10-20-24(11(14)2)15-7-8-16(25)23-22-15/h4-10H,3H2,1-2H3,(H,19,26)(H,21,27)(H,23,25). The van der Waals surface area contributed by atoms with Crippen LogP contribution < -0.4 is 16.2 Å². The lowest BCUT2D eigenvalue weighted by Crippen LogP contribution is -2.22. The van der Waals surface area contributed by atoms with Crippen molar-refractivity contribution < 1.29 is 9.59 Å². The maximum atomic E-state index is 12.6. The molecule has 2 aromatic heterocycles. The van der Waals surface area contributed by atoms with Gasteiger partial charge >= 0.3 is 0 Å². The summed E-state index contributed by atoms with van der Waals surface area (Å²) in [5.74, 6) is -0.178. The van der Waals surface area contributed by atoms with Crippen LogP contribution in [0.3, 0.4) is 0 Å². The van der Waals surface area contributed by atoms with Gasteiger partial charge in [-0.3, -0.25) is 14.4 Å². The smallest absolute Gasteiger partial charge is 0.264 e. The normalized spacial score (nSPS) is 10.4. The Balaban J connectivity index is 1.81. The second-order valence-electron chi connectivity index (χ2n) is 5.73. The van der Waals surface area contributed by atoms with Crippen LogP contribution in [0, 0.1) is 6.92 Å². The first-order valence-electron chi connectivity index (χ1n) is 8.30. The fourth-order valence-electron chi connectivity index (χ4n) is 2.52. The average molecular weight is 366 g/mol. The summed E-state index contributed by atoms with van der Waals surface area (Å²) >= 11 is 0. The lowest BCUT2D eigenvalue weighted by atomic mass is 10.1. The van der Waals surface area contributed by atoms with Crippen LogP contribution in [0.25, 0.3) is 5.82 Å². The number of hydrogen-bond acceptors (Lipinski definition) is 5. The zero-order valence-corrected chi connectivity index (χ0v) is 14.8. The number of benzene rings is 1. The van der Waals surface area contributed by atoms with E-state index >= 15 is 0 Å². The Morgan fingerprint density at radius 1 is 1.19 bits per heavy atom. The second-order valence-corrected chi connectivity index (χ2v) is 5.73. The molecule has 138 valence electrons. The van der Waals surface area contributed by atoms with Crippen molar-refractivity contribution >= 4 is 17.5 Å². The number of aromatic nitrogens is 4. The van der Waals surface area contributed by atoms with Gasteiger partial charge in [-0.25, -0.2) is 9.78 Å². The molecule has 0 radical (unpaired) electrons. The zero-order chi connectivity index (χ0) is 19.4. The predicted molar refractivity (Wildman–Crippen MR) is 99.1 cm³/mol. The highest BCUT2D eigenvalue weighted by Crippen LogP contribution is 2.16. The second kappa shape index (κ2) is 7.65. The maximum absolute atomic E-state index is 12.6. The number of H-pyrrole nitrogens is 1. The summed E-state index contributed by atoms with van der Waals surface area (Å²) in [7, 11) is 0. The summed E-state index contributed by atoms with van der Waals surface area (Å²) in [5, 5.41) is 15.9. The molecule has 2 amide bonds. The van der Waals surface area contributed by atoms with E-state index in [1.807, 2.05) is 6.92 Å². The van der Waals surface area contributed by atoms with E-state index in [4.69, 9.17) is 0 Å². The molecule has 0 atom stereocenters. The van der Waals surface area contributed by atoms with Gasteiger partial charge < -0.3 is 10.6 Å². The van der Waals surface area contributed by atoms with Gasteiger partial charge in [-0.05, 0) is 38.1 Å². The Morgan fingerprint density at radius 2 is 2.00 bits per heavy atom. The molecule has 2 heterocycles. The molecule has 0 aliphatic heterocycles. The van der Waals surface area contributed by atoms with E-state index in [-0.39, 0.29) is 17.4 Å². The number of carbonyl (C=O) groups excluding carboxylic acids is 2. The highest BCUT2D eigenvalue weighted by molar-refractivity contribution is 6.05. The average Bonchev–Trinajstić information content (AvgIpc) is 3.04. The van der Waals surface area contributed by atoms with Crippen LogP contribution in [-0.2, 0) is 0 Å². The van der Waals surface area contributed by atoms with Gasteiger partial charge in [-0.2, -0.15) is 10.2 Å². The molecule has 0 aliphatic carbocycles. The van der Waals surface area contributed by atoms with Gasteiger partial charge in [-0.15, -0.1) is 0 Å². The number of nitrogens with zero attached hydrogens (tertiary/aromatic N) is 3. The molecule has 0 saturated heterocycles. The monoisotopic (exact) mass is 366 g/mol. The van der Waals surface area contributed by atoms with Crippen molar-refractivity contribution in [3.05, 3.63) is 69.8 Å². The third kappa shape index (κ3) is 3.92. The van der Waals surface area contributed by atoms with Crippen LogP contribution in [0.2, 0.25) is 0 Å². The molecule has 3 rings (SSSR count). The number of amides is 2. The van der Waals surface area contributed by atoms with E-state index in [9.17, 15) is 14.4 Å². The summed E-state index contributed by atoms with van der Waals surface area (Å²) in [6.45, 7) is 4.08. The number of hydrogen-bond donors (Lipinski definition) is 3. The molecule has 1 aromatic carbocycles. The van der Waals surface area contributed by atoms with Crippen LogP contribution in [0.1, 0.15) is 33.3 Å². The Morgan fingerprint density at radius 3 is 2.70 bits per heavy atom. The molecule has 0 spiro atoms. The molecular formula is C18H18N6O3. The summed E-state index contributed by atoms with van der Waals surface area (Å²) in [5.41, 5.74) is 1.55. The van der Waals surface area contributed by atoms with Gasteiger partial charge in [0, 0.05) is 23.9 Å². The molecule has 3 aromatic rings. The SMILES string of the molecule is CCNC(=O)c1cccc(NC(=O)c2cnn(-c3ccc(=O)[nH]n3)c2C)c1. The van der Waals surface area contributed by atoms with Gasteiger partial charge in [-0.1, -0.05) is 6.07 Å². The lowest BCUT2D eigenvalue weighted by Gasteiger charge is -2.08. The molecule has 0 saturated carbocycles. The van der Waals surface area contributed by atoms with Crippen LogP contribution in [0.4, 0.5) is 5.69 Å². The van der Waals surface area contributed by atoms with Gasteiger partial charge in [0.25, 0.3) is 17.4 Å². The van der Waals surface area contributed by atoms with Crippen molar-refractivity contribution in [1.82, 2.24) is 25.3 Å². The van der Waals surface area contributed by atoms with Crippen molar-refractivity contribution in [3.8, 4) is 5.82 Å². The zero-order valence-electron chi connectivity index (χ0n) is 14.8. The van der Waals surface area contributed by atoms with Crippen molar-refractivity contribution in [3.63, 3.8) is 0 Å². The number of carbonyl (C=O) groups is 2. The fourth-order valence-corrected chi connectivity index (χ4v) is 2.52. The van der Waals surface area contributed by atoms with E-state index < -0.39 is 0 Å². The first kappa shape index (κ1) is 18.1. The van der Waals surface area contributed by atoms with Crippen molar-refractivity contribution in [1.29, 1.82) is 0 Å². The largest absolute Gasteiger partial charge is 0.352 e. The lowest BCUT2D eigenvalue weighted by molar-refractivity contribution is 0.0954. The van der Waals surface area contributed by atoms with E-state index in [0.717, 1.165) is 0 Å². The molecule has 27 heavy (non-hydrogen) atoms. The number of nitrogens with one attached hydrogen (secondary N) is 3. The summed E-state index contributed by atoms with van der Waals surface area (Å²) in [6.07, 6.45) is 1.42. The van der Waals surface area contributed by atoms with Crippen LogP contribution in [-0.4, -0.2) is 38.3 Å². The van der Waals surface area contributed by atoms with Crippen molar-refractivity contribution in [2.75, 3.05) is 11.9 Å². The molecule has 9 heteroatoms. The molecule has 0 aliphatic rings. The third-order valence-corrected chi connectivity index (χ3v) is 3.86. The Bertz CT molecular complexity index is 1030. The minimum absolute atomic E-state index is 0.207. The van der Waals surface area contributed by atoms with Crippen molar-refractivity contribution in [2.45, 2.75) is 13.8 Å². The minimum Gasteiger partial charge on any atom is -0.352 e. The molecule has 0 fully saturated rings. The fraction of sp³-hybridized carbons (Fsp3) is 0.167. The minimum atomic E-state index is -0.365. The highest BCUT2D eigenvalue weighted by atomic mass is 16.2. The van der Waals surface area contributed by atoms with Gasteiger partial charge in [0.15, 0.2) is 5.82 Å². The van der Waals surface area contributed by atoms with Crippen LogP contribution >= 0.6 is 0 Å². The molecule has 0 bridgehead atoms. The van der Waals surface area contributed by atoms with Crippen LogP contribution in [0.5, 0.6) is 0 Å². The van der Waals surface area contributed by atoms with Crippen molar-refractivity contribution in [2.24, 2.45) is 0 Å². The topological polar surface area (TPSA) is 122 Å². The van der Waals surface area contributed by atoms with Gasteiger partial charge in [0.1, 0.15) is 0 Å². The first-order chi connectivity index (χ1) is 13.0. The Kier molecular flexibility index (Phi) is 5.11.